The largest absolute Gasteiger partial charge is 0.479 e. The molecule has 35 heavy (non-hydrogen) atoms. The molecule has 1 saturated carbocycles. The van der Waals surface area contributed by atoms with Gasteiger partial charge in [0.05, 0.1) is 0 Å². The predicted octanol–water partition coefficient (Wildman–Crippen LogP) is 3.13. The number of aliphatic hydroxyl groups is 1. The van der Waals surface area contributed by atoms with Crippen molar-refractivity contribution in [3.05, 3.63) is 59.7 Å². The van der Waals surface area contributed by atoms with E-state index in [0.717, 1.165) is 11.1 Å². The number of nitrogens with zero attached hydrogens (tertiary/aromatic N) is 1. The lowest BCUT2D eigenvalue weighted by Crippen LogP contribution is -2.51. The first kappa shape index (κ1) is 23.4. The summed E-state index contributed by atoms with van der Waals surface area (Å²) in [6, 6.07) is 16.2. The zero-order valence-corrected chi connectivity index (χ0v) is 19.5. The van der Waals surface area contributed by atoms with E-state index in [4.69, 9.17) is 9.84 Å². The lowest BCUT2D eigenvalue weighted by Gasteiger charge is -2.36. The van der Waals surface area contributed by atoms with Crippen LogP contribution in [0.5, 0.6) is 0 Å². The maximum Gasteiger partial charge on any atom is 0.407 e. The van der Waals surface area contributed by atoms with Crippen molar-refractivity contribution in [1.29, 1.82) is 0 Å². The van der Waals surface area contributed by atoms with Gasteiger partial charge in [-0.3, -0.25) is 4.79 Å². The Morgan fingerprint density at radius 1 is 0.971 bits per heavy atom. The molecule has 0 bridgehead atoms. The second-order valence-electron chi connectivity index (χ2n) is 9.84. The summed E-state index contributed by atoms with van der Waals surface area (Å²) >= 11 is 0. The quantitative estimate of drug-likeness (QED) is 0.608. The Labute approximate surface area is 203 Å². The van der Waals surface area contributed by atoms with E-state index in [1.165, 1.54) is 11.1 Å². The standard InChI is InChI=1S/C27H30N2O6/c30-24(29-13-11-27(34,12-14-29)25(31)32)17-9-10-18(15-17)28-26(33)35-16-23-21-7-3-1-5-19(21)20-6-2-4-8-22(20)23/h1-8,17-18,23,34H,9-16H2,(H,28,33)(H,31,32)/t17-,18+/m0/s1. The van der Waals surface area contributed by atoms with Crippen molar-refractivity contribution in [2.75, 3.05) is 19.7 Å². The van der Waals surface area contributed by atoms with E-state index in [-0.39, 0.29) is 56.3 Å². The van der Waals surface area contributed by atoms with Crippen molar-refractivity contribution in [2.24, 2.45) is 5.92 Å². The Hall–Kier alpha value is -3.39. The van der Waals surface area contributed by atoms with E-state index in [2.05, 4.69) is 29.6 Å². The van der Waals surface area contributed by atoms with E-state index < -0.39 is 17.7 Å². The number of alkyl carbamates (subject to hydrolysis) is 1. The molecule has 8 nitrogen and oxygen atoms in total. The summed E-state index contributed by atoms with van der Waals surface area (Å²) in [7, 11) is 0. The number of carbonyl (C=O) groups excluding carboxylic acids is 2. The Bertz CT molecular complexity index is 1090. The van der Waals surface area contributed by atoms with E-state index in [0.29, 0.717) is 19.3 Å². The number of ether oxygens (including phenoxy) is 1. The van der Waals surface area contributed by atoms with Crippen LogP contribution >= 0.6 is 0 Å². The van der Waals surface area contributed by atoms with Crippen LogP contribution in [-0.2, 0) is 14.3 Å². The minimum absolute atomic E-state index is 0.00500. The van der Waals surface area contributed by atoms with E-state index >= 15 is 0 Å². The van der Waals surface area contributed by atoms with Crippen LogP contribution in [0.25, 0.3) is 11.1 Å². The number of hydrogen-bond acceptors (Lipinski definition) is 5. The smallest absolute Gasteiger partial charge is 0.407 e. The minimum atomic E-state index is -1.75. The van der Waals surface area contributed by atoms with Crippen molar-refractivity contribution in [3.8, 4) is 11.1 Å². The molecule has 2 amide bonds. The monoisotopic (exact) mass is 478 g/mol. The molecular weight excluding hydrogens is 448 g/mol. The second-order valence-corrected chi connectivity index (χ2v) is 9.84. The van der Waals surface area contributed by atoms with Crippen LogP contribution in [-0.4, -0.2) is 64.4 Å². The van der Waals surface area contributed by atoms with Gasteiger partial charge in [-0.1, -0.05) is 48.5 Å². The number of benzene rings is 2. The molecule has 0 aromatic heterocycles. The number of carboxylic acid groups (broad SMARTS) is 1. The third-order valence-corrected chi connectivity index (χ3v) is 7.75. The molecule has 2 fully saturated rings. The molecule has 2 aromatic rings. The van der Waals surface area contributed by atoms with Gasteiger partial charge in [-0.25, -0.2) is 9.59 Å². The lowest BCUT2D eigenvalue weighted by atomic mass is 9.91. The van der Waals surface area contributed by atoms with Gasteiger partial charge in [0, 0.05) is 43.8 Å². The van der Waals surface area contributed by atoms with Crippen LogP contribution in [0, 0.1) is 5.92 Å². The van der Waals surface area contributed by atoms with E-state index in [1.54, 1.807) is 4.90 Å². The number of hydrogen-bond donors (Lipinski definition) is 3. The summed E-state index contributed by atoms with van der Waals surface area (Å²) in [5.74, 6) is -1.49. The second kappa shape index (κ2) is 9.34. The highest BCUT2D eigenvalue weighted by Crippen LogP contribution is 2.44. The maximum atomic E-state index is 12.9. The first-order chi connectivity index (χ1) is 16.9. The molecule has 2 atom stereocenters. The molecule has 8 heteroatoms. The molecule has 3 aliphatic rings. The van der Waals surface area contributed by atoms with Crippen molar-refractivity contribution in [2.45, 2.75) is 49.7 Å². The van der Waals surface area contributed by atoms with Gasteiger partial charge in [-0.15, -0.1) is 0 Å². The molecule has 5 rings (SSSR count). The Morgan fingerprint density at radius 3 is 2.17 bits per heavy atom. The van der Waals surface area contributed by atoms with Gasteiger partial charge in [0.2, 0.25) is 5.91 Å². The van der Waals surface area contributed by atoms with Crippen molar-refractivity contribution in [3.63, 3.8) is 0 Å². The molecule has 0 radical (unpaired) electrons. The van der Waals surface area contributed by atoms with Crippen LogP contribution in [0.4, 0.5) is 4.79 Å². The van der Waals surface area contributed by atoms with Gasteiger partial charge in [0.15, 0.2) is 5.60 Å². The van der Waals surface area contributed by atoms with Crippen LogP contribution in [0.3, 0.4) is 0 Å². The van der Waals surface area contributed by atoms with Crippen molar-refractivity contribution < 1.29 is 29.3 Å². The number of carbonyl (C=O) groups is 3. The molecule has 184 valence electrons. The lowest BCUT2D eigenvalue weighted by molar-refractivity contribution is -0.165. The summed E-state index contributed by atoms with van der Waals surface area (Å²) in [5.41, 5.74) is 2.91. The van der Waals surface area contributed by atoms with Crippen molar-refractivity contribution in [1.82, 2.24) is 10.2 Å². The molecule has 2 aromatic carbocycles. The zero-order chi connectivity index (χ0) is 24.6. The van der Waals surface area contributed by atoms with Crippen LogP contribution in [0.1, 0.15) is 49.1 Å². The minimum Gasteiger partial charge on any atom is -0.479 e. The molecular formula is C27H30N2O6. The predicted molar refractivity (Wildman–Crippen MR) is 128 cm³/mol. The van der Waals surface area contributed by atoms with Crippen molar-refractivity contribution >= 4 is 18.0 Å². The molecule has 3 N–H and O–H groups in total. The molecule has 1 saturated heterocycles. The summed E-state index contributed by atoms with van der Waals surface area (Å²) in [5, 5.41) is 22.2. The average Bonchev–Trinajstić information content (AvgIpc) is 3.45. The van der Waals surface area contributed by atoms with Gasteiger partial charge in [-0.05, 0) is 41.5 Å². The Balaban J connectivity index is 1.12. The maximum absolute atomic E-state index is 12.9. The van der Waals surface area contributed by atoms with Gasteiger partial charge in [-0.2, -0.15) is 0 Å². The molecule has 2 aliphatic carbocycles. The fraction of sp³-hybridized carbons (Fsp3) is 0.444. The van der Waals surface area contributed by atoms with Crippen LogP contribution in [0.2, 0.25) is 0 Å². The number of carboxylic acids is 1. The fourth-order valence-electron chi connectivity index (χ4n) is 5.71. The summed E-state index contributed by atoms with van der Waals surface area (Å²) in [6.45, 7) is 0.695. The fourth-order valence-corrected chi connectivity index (χ4v) is 5.71. The third kappa shape index (κ3) is 4.50. The molecule has 0 spiro atoms. The highest BCUT2D eigenvalue weighted by Gasteiger charge is 2.42. The van der Waals surface area contributed by atoms with E-state index in [1.807, 2.05) is 24.3 Å². The molecule has 1 heterocycles. The van der Waals surface area contributed by atoms with Crippen LogP contribution < -0.4 is 5.32 Å². The number of rotatable bonds is 5. The third-order valence-electron chi connectivity index (χ3n) is 7.75. The van der Waals surface area contributed by atoms with Gasteiger partial charge in [0.1, 0.15) is 6.61 Å². The Morgan fingerprint density at radius 2 is 1.57 bits per heavy atom. The number of fused-ring (bicyclic) bond motifs is 3. The first-order valence-electron chi connectivity index (χ1n) is 12.2. The summed E-state index contributed by atoms with van der Waals surface area (Å²) in [6.07, 6.45) is 1.46. The first-order valence-corrected chi connectivity index (χ1v) is 12.2. The normalized spacial score (nSPS) is 22.8. The highest BCUT2D eigenvalue weighted by atomic mass is 16.5. The number of nitrogens with one attached hydrogen (secondary N) is 1. The summed E-state index contributed by atoms with van der Waals surface area (Å²) in [4.78, 5) is 38.3. The number of piperidine rings is 1. The van der Waals surface area contributed by atoms with Crippen LogP contribution in [0.15, 0.2) is 48.5 Å². The number of likely N-dealkylation sites (tertiary alicyclic amines) is 1. The zero-order valence-electron chi connectivity index (χ0n) is 19.5. The van der Waals surface area contributed by atoms with Gasteiger partial charge < -0.3 is 25.2 Å². The van der Waals surface area contributed by atoms with Gasteiger partial charge in [0.25, 0.3) is 0 Å². The molecule has 1 aliphatic heterocycles. The molecule has 0 unspecified atom stereocenters. The van der Waals surface area contributed by atoms with Gasteiger partial charge >= 0.3 is 12.1 Å². The highest BCUT2D eigenvalue weighted by molar-refractivity contribution is 5.81. The van der Waals surface area contributed by atoms with E-state index in [9.17, 15) is 19.5 Å². The SMILES string of the molecule is O=C(N[C@@H]1CC[C@H](C(=O)N2CCC(O)(C(=O)O)CC2)C1)OCC1c2ccccc2-c2ccccc21. The summed E-state index contributed by atoms with van der Waals surface area (Å²) < 4.78 is 5.63. The Kier molecular flexibility index (Phi) is 6.23. The average molecular weight is 479 g/mol. The topological polar surface area (TPSA) is 116 Å². The number of aliphatic carboxylic acids is 1. The number of amides is 2.